The van der Waals surface area contributed by atoms with Crippen LogP contribution in [0, 0.1) is 0 Å². The Kier molecular flexibility index (Phi) is 7.71. The predicted octanol–water partition coefficient (Wildman–Crippen LogP) is 4.83. The lowest BCUT2D eigenvalue weighted by Crippen LogP contribution is -2.02. The van der Waals surface area contributed by atoms with Crippen molar-refractivity contribution in [3.8, 4) is 0 Å². The number of rotatable bonds is 9. The third kappa shape index (κ3) is 6.85. The van der Waals surface area contributed by atoms with Crippen molar-refractivity contribution in [2.75, 3.05) is 6.61 Å². The van der Waals surface area contributed by atoms with Crippen LogP contribution in [0.5, 0.6) is 0 Å². The maximum Gasteiger partial charge on any atom is 0.505 e. The molecule has 1 atom stereocenters. The quantitative estimate of drug-likeness (QED) is 0.513. The van der Waals surface area contributed by atoms with Crippen molar-refractivity contribution in [2.24, 2.45) is 0 Å². The highest BCUT2D eigenvalue weighted by atomic mass is 16.7. The van der Waals surface area contributed by atoms with Gasteiger partial charge in [-0.05, 0) is 30.7 Å². The first kappa shape index (κ1) is 15.5. The van der Waals surface area contributed by atoms with Gasteiger partial charge in [0, 0.05) is 0 Å². The van der Waals surface area contributed by atoms with Crippen molar-refractivity contribution in [3.05, 3.63) is 35.9 Å². The van der Waals surface area contributed by atoms with Crippen molar-refractivity contribution in [2.45, 2.75) is 51.4 Å². The molecule has 0 saturated carbocycles. The molecule has 0 amide bonds. The molecule has 0 fully saturated rings. The molecule has 0 spiro atoms. The van der Waals surface area contributed by atoms with Gasteiger partial charge in [0.2, 0.25) is 0 Å². The SMILES string of the molecule is CCCC(CCCCCOC(=O)O)c1ccccc1. The highest BCUT2D eigenvalue weighted by Gasteiger charge is 2.09. The van der Waals surface area contributed by atoms with Gasteiger partial charge >= 0.3 is 6.16 Å². The molecule has 1 aromatic carbocycles. The van der Waals surface area contributed by atoms with E-state index in [4.69, 9.17) is 5.11 Å². The highest BCUT2D eigenvalue weighted by Crippen LogP contribution is 2.26. The topological polar surface area (TPSA) is 46.5 Å². The third-order valence-corrected chi connectivity index (χ3v) is 3.33. The molecule has 3 heteroatoms. The van der Waals surface area contributed by atoms with Crippen molar-refractivity contribution in [1.82, 2.24) is 0 Å². The third-order valence-electron chi connectivity index (χ3n) is 3.33. The molecule has 3 nitrogen and oxygen atoms in total. The van der Waals surface area contributed by atoms with Gasteiger partial charge in [0.25, 0.3) is 0 Å². The monoisotopic (exact) mass is 264 g/mol. The van der Waals surface area contributed by atoms with E-state index in [0.29, 0.717) is 12.5 Å². The predicted molar refractivity (Wildman–Crippen MR) is 76.5 cm³/mol. The van der Waals surface area contributed by atoms with Crippen molar-refractivity contribution < 1.29 is 14.6 Å². The Bertz CT molecular complexity index is 348. The van der Waals surface area contributed by atoms with Gasteiger partial charge in [-0.25, -0.2) is 4.79 Å². The smallest absolute Gasteiger partial charge is 0.450 e. The fraction of sp³-hybridized carbons (Fsp3) is 0.562. The molecular weight excluding hydrogens is 240 g/mol. The lowest BCUT2D eigenvalue weighted by Gasteiger charge is -2.16. The van der Waals surface area contributed by atoms with Crippen LogP contribution in [0.4, 0.5) is 4.79 Å². The van der Waals surface area contributed by atoms with E-state index >= 15 is 0 Å². The van der Waals surface area contributed by atoms with E-state index in [1.807, 2.05) is 0 Å². The first-order valence-electron chi connectivity index (χ1n) is 7.14. The fourth-order valence-electron chi connectivity index (χ4n) is 2.38. The minimum Gasteiger partial charge on any atom is -0.450 e. The lowest BCUT2D eigenvalue weighted by molar-refractivity contribution is 0.0899. The van der Waals surface area contributed by atoms with Gasteiger partial charge in [0.05, 0.1) is 6.61 Å². The highest BCUT2D eigenvalue weighted by molar-refractivity contribution is 5.56. The van der Waals surface area contributed by atoms with Crippen molar-refractivity contribution in [1.29, 1.82) is 0 Å². The number of hydrogen-bond acceptors (Lipinski definition) is 2. The van der Waals surface area contributed by atoms with Crippen LogP contribution >= 0.6 is 0 Å². The summed E-state index contributed by atoms with van der Waals surface area (Å²) < 4.78 is 4.50. The number of ether oxygens (including phenoxy) is 1. The molecule has 19 heavy (non-hydrogen) atoms. The molecule has 0 bridgehead atoms. The number of carboxylic acid groups (broad SMARTS) is 1. The molecule has 1 aromatic rings. The van der Waals surface area contributed by atoms with Gasteiger partial charge < -0.3 is 9.84 Å². The van der Waals surface area contributed by atoms with E-state index in [-0.39, 0.29) is 0 Å². The normalized spacial score (nSPS) is 12.1. The molecule has 1 rings (SSSR count). The molecule has 0 saturated heterocycles. The second kappa shape index (κ2) is 9.42. The molecule has 0 aliphatic rings. The summed E-state index contributed by atoms with van der Waals surface area (Å²) in [6, 6.07) is 10.6. The Labute approximate surface area is 115 Å². The molecule has 106 valence electrons. The van der Waals surface area contributed by atoms with Crippen LogP contribution in [0.25, 0.3) is 0 Å². The Morgan fingerprint density at radius 3 is 2.53 bits per heavy atom. The standard InChI is InChI=1S/C16H24O3/c1-2-9-14(15-11-5-3-6-12-15)10-7-4-8-13-19-16(17)18/h3,5-6,11-12,14H,2,4,7-10,13H2,1H3,(H,17,18). The maximum atomic E-state index is 10.2. The average Bonchev–Trinajstić information content (AvgIpc) is 2.42. The first-order chi connectivity index (χ1) is 9.24. The molecule has 0 aromatic heterocycles. The summed E-state index contributed by atoms with van der Waals surface area (Å²) in [6.07, 6.45) is 5.39. The average molecular weight is 264 g/mol. The minimum atomic E-state index is -1.17. The van der Waals surface area contributed by atoms with Crippen molar-refractivity contribution in [3.63, 3.8) is 0 Å². The molecule has 0 heterocycles. The fourth-order valence-corrected chi connectivity index (χ4v) is 2.38. The van der Waals surface area contributed by atoms with Crippen LogP contribution in [0.2, 0.25) is 0 Å². The van der Waals surface area contributed by atoms with Gasteiger partial charge in [-0.15, -0.1) is 0 Å². The largest absolute Gasteiger partial charge is 0.505 e. The zero-order chi connectivity index (χ0) is 13.9. The van der Waals surface area contributed by atoms with Crippen LogP contribution in [0.1, 0.15) is 56.9 Å². The Balaban J connectivity index is 2.25. The minimum absolute atomic E-state index is 0.319. The van der Waals surface area contributed by atoms with Gasteiger partial charge in [-0.2, -0.15) is 0 Å². The first-order valence-corrected chi connectivity index (χ1v) is 7.14. The number of carbonyl (C=O) groups is 1. The summed E-state index contributed by atoms with van der Waals surface area (Å²) >= 11 is 0. The van der Waals surface area contributed by atoms with Gasteiger partial charge in [0.15, 0.2) is 0 Å². The summed E-state index contributed by atoms with van der Waals surface area (Å²) in [5.74, 6) is 0.631. The van der Waals surface area contributed by atoms with Crippen LogP contribution in [-0.2, 0) is 4.74 Å². The molecule has 0 aliphatic heterocycles. The van der Waals surface area contributed by atoms with E-state index < -0.39 is 6.16 Å². The Hall–Kier alpha value is -1.51. The number of benzene rings is 1. The molecule has 1 N–H and O–H groups in total. The summed E-state index contributed by atoms with van der Waals surface area (Å²) in [5.41, 5.74) is 1.42. The summed E-state index contributed by atoms with van der Waals surface area (Å²) in [4.78, 5) is 10.2. The molecular formula is C16H24O3. The molecule has 0 aliphatic carbocycles. The van der Waals surface area contributed by atoms with E-state index in [1.165, 1.54) is 24.8 Å². The van der Waals surface area contributed by atoms with Gasteiger partial charge in [-0.3, -0.25) is 0 Å². The van der Waals surface area contributed by atoms with E-state index in [1.54, 1.807) is 0 Å². The maximum absolute atomic E-state index is 10.2. The van der Waals surface area contributed by atoms with Crippen LogP contribution in [0.3, 0.4) is 0 Å². The lowest BCUT2D eigenvalue weighted by atomic mass is 9.89. The number of unbranched alkanes of at least 4 members (excludes halogenated alkanes) is 2. The van der Waals surface area contributed by atoms with E-state index in [2.05, 4.69) is 42.0 Å². The van der Waals surface area contributed by atoms with Gasteiger partial charge in [-0.1, -0.05) is 56.5 Å². The Morgan fingerprint density at radius 1 is 1.16 bits per heavy atom. The summed E-state index contributed by atoms with van der Waals surface area (Å²) in [5, 5.41) is 8.35. The van der Waals surface area contributed by atoms with E-state index in [9.17, 15) is 4.79 Å². The van der Waals surface area contributed by atoms with Crippen LogP contribution in [-0.4, -0.2) is 17.9 Å². The zero-order valence-corrected chi connectivity index (χ0v) is 11.7. The molecule has 0 radical (unpaired) electrons. The summed E-state index contributed by atoms with van der Waals surface area (Å²) in [7, 11) is 0. The second-order valence-electron chi connectivity index (χ2n) is 4.86. The second-order valence-corrected chi connectivity index (χ2v) is 4.86. The molecule has 1 unspecified atom stereocenters. The van der Waals surface area contributed by atoms with Crippen LogP contribution < -0.4 is 0 Å². The van der Waals surface area contributed by atoms with Gasteiger partial charge in [0.1, 0.15) is 0 Å². The summed E-state index contributed by atoms with van der Waals surface area (Å²) in [6.45, 7) is 2.54. The Morgan fingerprint density at radius 2 is 1.89 bits per heavy atom. The van der Waals surface area contributed by atoms with E-state index in [0.717, 1.165) is 19.3 Å². The van der Waals surface area contributed by atoms with Crippen molar-refractivity contribution >= 4 is 6.16 Å². The zero-order valence-electron chi connectivity index (χ0n) is 11.7. The van der Waals surface area contributed by atoms with Crippen LogP contribution in [0.15, 0.2) is 30.3 Å². The number of hydrogen-bond donors (Lipinski definition) is 1.